The number of piperazine rings is 1. The average molecular weight is 458 g/mol. The molecule has 1 atom stereocenters. The van der Waals surface area contributed by atoms with Gasteiger partial charge < -0.3 is 9.42 Å². The lowest BCUT2D eigenvalue weighted by atomic mass is 10.2. The fourth-order valence-electron chi connectivity index (χ4n) is 4.56. The van der Waals surface area contributed by atoms with Gasteiger partial charge in [-0.3, -0.25) is 4.68 Å². The molecule has 0 radical (unpaired) electrons. The van der Waals surface area contributed by atoms with E-state index in [4.69, 9.17) is 4.52 Å². The van der Waals surface area contributed by atoms with Crippen molar-refractivity contribution in [1.82, 2.24) is 19.2 Å². The number of anilines is 1. The minimum atomic E-state index is -3.66. The van der Waals surface area contributed by atoms with Crippen molar-refractivity contribution in [2.45, 2.75) is 45.1 Å². The first-order chi connectivity index (χ1) is 14.0. The quantitative estimate of drug-likeness (QED) is 0.666. The number of nitrogens with zero attached hydrogens (tertiary/aromatic N) is 5. The van der Waals surface area contributed by atoms with Crippen LogP contribution in [0.2, 0.25) is 0 Å². The van der Waals surface area contributed by atoms with E-state index in [1.165, 1.54) is 4.31 Å². The maximum Gasteiger partial charge on any atom is 0.248 e. The fraction of sp³-hybridized carbons (Fsp3) is 0.667. The lowest BCUT2D eigenvalue weighted by Crippen LogP contribution is -2.49. The number of aromatic nitrogens is 3. The van der Waals surface area contributed by atoms with Crippen LogP contribution in [0, 0.1) is 27.7 Å². The van der Waals surface area contributed by atoms with Gasteiger partial charge in [-0.1, -0.05) is 5.16 Å². The van der Waals surface area contributed by atoms with Gasteiger partial charge in [-0.25, -0.2) is 16.8 Å². The third-order valence-electron chi connectivity index (χ3n) is 5.96. The molecule has 166 valence electrons. The molecule has 0 amide bonds. The summed E-state index contributed by atoms with van der Waals surface area (Å²) in [5.41, 5.74) is 3.10. The summed E-state index contributed by atoms with van der Waals surface area (Å²) in [6.07, 6.45) is 0.577. The van der Waals surface area contributed by atoms with Crippen LogP contribution in [-0.2, 0) is 19.9 Å². The maximum absolute atomic E-state index is 13.0. The summed E-state index contributed by atoms with van der Waals surface area (Å²) in [5, 5.41) is 8.39. The Hall–Kier alpha value is -1.92. The molecule has 12 heteroatoms. The van der Waals surface area contributed by atoms with E-state index in [1.54, 1.807) is 13.8 Å². The lowest BCUT2D eigenvalue weighted by Gasteiger charge is -2.35. The number of sulfone groups is 1. The van der Waals surface area contributed by atoms with Crippen LogP contribution >= 0.6 is 0 Å². The summed E-state index contributed by atoms with van der Waals surface area (Å²) in [6.45, 7) is 8.83. The predicted molar refractivity (Wildman–Crippen MR) is 111 cm³/mol. The van der Waals surface area contributed by atoms with Gasteiger partial charge in [0.1, 0.15) is 10.6 Å². The van der Waals surface area contributed by atoms with Crippen LogP contribution in [0.4, 0.5) is 5.69 Å². The highest BCUT2D eigenvalue weighted by molar-refractivity contribution is 7.91. The Morgan fingerprint density at radius 2 is 1.70 bits per heavy atom. The Labute approximate surface area is 176 Å². The van der Waals surface area contributed by atoms with Gasteiger partial charge in [0.15, 0.2) is 15.6 Å². The second-order valence-electron chi connectivity index (χ2n) is 8.07. The van der Waals surface area contributed by atoms with Crippen LogP contribution < -0.4 is 4.90 Å². The van der Waals surface area contributed by atoms with E-state index in [-0.39, 0.29) is 22.4 Å². The number of sulfonamides is 1. The molecule has 0 bridgehead atoms. The number of hydrogen-bond donors (Lipinski definition) is 0. The van der Waals surface area contributed by atoms with Crippen molar-refractivity contribution in [3.63, 3.8) is 0 Å². The zero-order valence-electron chi connectivity index (χ0n) is 17.6. The number of hydrogen-bond acceptors (Lipinski definition) is 8. The minimum absolute atomic E-state index is 0.123. The monoisotopic (exact) mass is 457 g/mol. The van der Waals surface area contributed by atoms with E-state index in [0.29, 0.717) is 44.1 Å². The highest BCUT2D eigenvalue weighted by atomic mass is 32.2. The third kappa shape index (κ3) is 3.54. The second kappa shape index (κ2) is 7.34. The van der Waals surface area contributed by atoms with Gasteiger partial charge in [0, 0.05) is 26.2 Å². The van der Waals surface area contributed by atoms with Gasteiger partial charge in [-0.2, -0.15) is 9.40 Å². The van der Waals surface area contributed by atoms with Gasteiger partial charge in [0.2, 0.25) is 10.0 Å². The van der Waals surface area contributed by atoms with Crippen molar-refractivity contribution in [1.29, 1.82) is 0 Å². The molecule has 0 spiro atoms. The van der Waals surface area contributed by atoms with E-state index < -0.39 is 19.9 Å². The largest absolute Gasteiger partial charge is 0.366 e. The van der Waals surface area contributed by atoms with Crippen LogP contribution in [0.15, 0.2) is 9.42 Å². The van der Waals surface area contributed by atoms with Crippen molar-refractivity contribution in [3.8, 4) is 0 Å². The molecule has 2 aromatic rings. The van der Waals surface area contributed by atoms with Crippen molar-refractivity contribution >= 4 is 25.5 Å². The topological polar surface area (TPSA) is 119 Å². The lowest BCUT2D eigenvalue weighted by molar-refractivity contribution is 0.378. The van der Waals surface area contributed by atoms with Gasteiger partial charge in [0.05, 0.1) is 34.6 Å². The molecule has 0 N–H and O–H groups in total. The molecule has 30 heavy (non-hydrogen) atoms. The summed E-state index contributed by atoms with van der Waals surface area (Å²) in [7, 11) is -6.67. The standard InChI is InChI=1S/C18H27N5O5S2/c1-12-17(14(3)23(19-12)16-5-10-29(24,25)11-16)21-6-8-22(9-7-21)30(26,27)18-13(2)20-28-15(18)4/h16H,5-11H2,1-4H3/t16-/m1/s1. The molecule has 4 heterocycles. The Bertz CT molecular complexity index is 1150. The summed E-state index contributed by atoms with van der Waals surface area (Å²) in [5.74, 6) is 0.621. The molecule has 2 saturated heterocycles. The zero-order valence-corrected chi connectivity index (χ0v) is 19.3. The summed E-state index contributed by atoms with van der Waals surface area (Å²) >= 11 is 0. The summed E-state index contributed by atoms with van der Waals surface area (Å²) in [6, 6.07) is -0.136. The molecular weight excluding hydrogens is 430 g/mol. The fourth-order valence-corrected chi connectivity index (χ4v) is 7.97. The first-order valence-electron chi connectivity index (χ1n) is 9.95. The van der Waals surface area contributed by atoms with Crippen LogP contribution in [0.5, 0.6) is 0 Å². The molecule has 2 fully saturated rings. The van der Waals surface area contributed by atoms with Gasteiger partial charge in [-0.15, -0.1) is 0 Å². The number of aryl methyl sites for hydroxylation is 3. The normalized spacial score (nSPS) is 22.7. The summed E-state index contributed by atoms with van der Waals surface area (Å²) in [4.78, 5) is 2.29. The SMILES string of the molecule is Cc1nn([C@@H]2CCS(=O)(=O)C2)c(C)c1N1CCN(S(=O)(=O)c2c(C)noc2C)CC1. The smallest absolute Gasteiger partial charge is 0.248 e. The third-order valence-corrected chi connectivity index (χ3v) is 9.86. The molecular formula is C18H27N5O5S2. The molecule has 0 aliphatic carbocycles. The molecule has 0 unspecified atom stereocenters. The van der Waals surface area contributed by atoms with E-state index in [9.17, 15) is 16.8 Å². The van der Waals surface area contributed by atoms with Gasteiger partial charge >= 0.3 is 0 Å². The molecule has 2 aliphatic heterocycles. The number of rotatable bonds is 4. The Morgan fingerprint density at radius 1 is 1.03 bits per heavy atom. The van der Waals surface area contributed by atoms with Crippen molar-refractivity contribution in [2.24, 2.45) is 0 Å². The average Bonchev–Trinajstić information content (AvgIpc) is 3.30. The maximum atomic E-state index is 13.0. The van der Waals surface area contributed by atoms with Crippen LogP contribution in [0.3, 0.4) is 0 Å². The molecule has 4 rings (SSSR count). The van der Waals surface area contributed by atoms with Gasteiger partial charge in [-0.05, 0) is 34.1 Å². The van der Waals surface area contributed by atoms with Gasteiger partial charge in [0.25, 0.3) is 0 Å². The Morgan fingerprint density at radius 3 is 2.23 bits per heavy atom. The molecule has 0 saturated carbocycles. The molecule has 2 aliphatic rings. The predicted octanol–water partition coefficient (Wildman–Crippen LogP) is 0.975. The van der Waals surface area contributed by atoms with Crippen molar-refractivity contribution in [3.05, 3.63) is 22.8 Å². The van der Waals surface area contributed by atoms with Crippen molar-refractivity contribution < 1.29 is 21.4 Å². The molecule has 10 nitrogen and oxygen atoms in total. The molecule has 0 aromatic carbocycles. The highest BCUT2D eigenvalue weighted by Crippen LogP contribution is 2.32. The van der Waals surface area contributed by atoms with E-state index in [1.807, 2.05) is 18.5 Å². The summed E-state index contributed by atoms with van der Waals surface area (Å²) < 4.78 is 58.2. The Balaban J connectivity index is 1.53. The van der Waals surface area contributed by atoms with Crippen molar-refractivity contribution in [2.75, 3.05) is 42.6 Å². The second-order valence-corrected chi connectivity index (χ2v) is 12.2. The Kier molecular flexibility index (Phi) is 5.22. The van der Waals surface area contributed by atoms with E-state index in [0.717, 1.165) is 17.1 Å². The van der Waals surface area contributed by atoms with Crippen LogP contribution in [0.25, 0.3) is 0 Å². The first kappa shape index (κ1) is 21.3. The van der Waals surface area contributed by atoms with E-state index in [2.05, 4.69) is 15.2 Å². The zero-order chi connectivity index (χ0) is 21.8. The van der Waals surface area contributed by atoms with Crippen LogP contribution in [0.1, 0.15) is 35.3 Å². The first-order valence-corrected chi connectivity index (χ1v) is 13.2. The van der Waals surface area contributed by atoms with E-state index >= 15 is 0 Å². The molecule has 2 aromatic heterocycles. The highest BCUT2D eigenvalue weighted by Gasteiger charge is 2.36. The van der Waals surface area contributed by atoms with Crippen LogP contribution in [-0.4, -0.2) is 73.8 Å². The minimum Gasteiger partial charge on any atom is -0.366 e.